The van der Waals surface area contributed by atoms with Gasteiger partial charge < -0.3 is 4.90 Å². The Hall–Kier alpha value is -2.62. The van der Waals surface area contributed by atoms with Crippen molar-refractivity contribution >= 4 is 0 Å². The molecule has 4 rings (SSSR count). The third kappa shape index (κ3) is 2.79. The van der Waals surface area contributed by atoms with Crippen molar-refractivity contribution in [3.8, 4) is 0 Å². The van der Waals surface area contributed by atoms with E-state index in [4.69, 9.17) is 0 Å². The molecular weight excluding hydrogens is 324 g/mol. The van der Waals surface area contributed by atoms with Gasteiger partial charge in [0, 0.05) is 17.7 Å². The van der Waals surface area contributed by atoms with Crippen molar-refractivity contribution in [3.63, 3.8) is 0 Å². The van der Waals surface area contributed by atoms with Crippen molar-refractivity contribution in [3.05, 3.63) is 93.7 Å². The minimum atomic E-state index is -0.629. The molecule has 2 heterocycles. The number of hydrogen-bond donors (Lipinski definition) is 0. The molecule has 0 radical (unpaired) electrons. The number of nitro groups is 1. The first-order valence-electron chi connectivity index (χ1n) is 9.29. The third-order valence-corrected chi connectivity index (χ3v) is 6.05. The standard InChI is InChI=1S/C22H24N2O2/c1-22-13-8-14-23(22)16-19(15-17-9-4-2-5-10-17)20(21(22)24(25)26)18-11-6-3-7-12-18/h2-7,9-12,16,20-21H,8,13-15H2,1H3/t20-,21+,22-/m1/s1. The Balaban J connectivity index is 1.83. The summed E-state index contributed by atoms with van der Waals surface area (Å²) in [4.78, 5) is 14.4. The molecule has 0 spiro atoms. The summed E-state index contributed by atoms with van der Waals surface area (Å²) in [5, 5.41) is 12.2. The first-order chi connectivity index (χ1) is 12.6. The quantitative estimate of drug-likeness (QED) is 0.607. The summed E-state index contributed by atoms with van der Waals surface area (Å²) < 4.78 is 0. The Bertz CT molecular complexity index is 819. The van der Waals surface area contributed by atoms with Crippen LogP contribution in [-0.2, 0) is 6.42 Å². The lowest BCUT2D eigenvalue weighted by molar-refractivity contribution is -0.541. The van der Waals surface area contributed by atoms with E-state index in [9.17, 15) is 10.1 Å². The van der Waals surface area contributed by atoms with E-state index in [1.807, 2.05) is 48.5 Å². The van der Waals surface area contributed by atoms with Crippen LogP contribution in [0.1, 0.15) is 36.8 Å². The summed E-state index contributed by atoms with van der Waals surface area (Å²) >= 11 is 0. The normalized spacial score (nSPS) is 27.7. The van der Waals surface area contributed by atoms with Gasteiger partial charge in [-0.25, -0.2) is 0 Å². The smallest absolute Gasteiger partial charge is 0.246 e. The van der Waals surface area contributed by atoms with E-state index < -0.39 is 11.6 Å². The lowest BCUT2D eigenvalue weighted by Crippen LogP contribution is -2.57. The van der Waals surface area contributed by atoms with Crippen molar-refractivity contribution in [2.24, 2.45) is 0 Å². The highest BCUT2D eigenvalue weighted by Gasteiger charge is 2.56. The molecule has 0 aliphatic carbocycles. The minimum absolute atomic E-state index is 0.0337. The Labute approximate surface area is 154 Å². The van der Waals surface area contributed by atoms with Gasteiger partial charge in [-0.15, -0.1) is 0 Å². The van der Waals surface area contributed by atoms with Crippen molar-refractivity contribution in [2.75, 3.05) is 6.54 Å². The van der Waals surface area contributed by atoms with Gasteiger partial charge in [-0.3, -0.25) is 10.1 Å². The van der Waals surface area contributed by atoms with Gasteiger partial charge in [-0.05, 0) is 42.9 Å². The molecule has 1 saturated heterocycles. The third-order valence-electron chi connectivity index (χ3n) is 6.05. The average Bonchev–Trinajstić information content (AvgIpc) is 3.03. The first-order valence-corrected chi connectivity index (χ1v) is 9.29. The van der Waals surface area contributed by atoms with Crippen LogP contribution in [0.3, 0.4) is 0 Å². The second-order valence-electron chi connectivity index (χ2n) is 7.64. The van der Waals surface area contributed by atoms with Crippen LogP contribution in [0, 0.1) is 10.1 Å². The van der Waals surface area contributed by atoms with Gasteiger partial charge in [-0.1, -0.05) is 60.7 Å². The molecule has 0 amide bonds. The molecule has 2 aliphatic rings. The molecule has 0 saturated carbocycles. The monoisotopic (exact) mass is 348 g/mol. The van der Waals surface area contributed by atoms with Gasteiger partial charge in [0.05, 0.1) is 5.92 Å². The lowest BCUT2D eigenvalue weighted by Gasteiger charge is -2.45. The zero-order valence-electron chi connectivity index (χ0n) is 15.0. The highest BCUT2D eigenvalue weighted by Crippen LogP contribution is 2.47. The fraction of sp³-hybridized carbons (Fsp3) is 0.364. The van der Waals surface area contributed by atoms with Crippen LogP contribution in [0.5, 0.6) is 0 Å². The van der Waals surface area contributed by atoms with Crippen LogP contribution in [-0.4, -0.2) is 27.9 Å². The largest absolute Gasteiger partial charge is 0.365 e. The molecule has 0 unspecified atom stereocenters. The predicted octanol–water partition coefficient (Wildman–Crippen LogP) is 4.41. The Morgan fingerprint density at radius 1 is 1.12 bits per heavy atom. The maximum Gasteiger partial charge on any atom is 0.246 e. The van der Waals surface area contributed by atoms with Crippen LogP contribution in [0.4, 0.5) is 0 Å². The minimum Gasteiger partial charge on any atom is -0.365 e. The maximum atomic E-state index is 12.2. The van der Waals surface area contributed by atoms with Crippen molar-refractivity contribution in [1.82, 2.24) is 4.90 Å². The molecule has 2 aromatic rings. The number of rotatable bonds is 4. The molecule has 2 aromatic carbocycles. The van der Waals surface area contributed by atoms with Gasteiger partial charge in [0.1, 0.15) is 5.54 Å². The van der Waals surface area contributed by atoms with Gasteiger partial charge in [0.2, 0.25) is 6.04 Å². The van der Waals surface area contributed by atoms with E-state index in [-0.39, 0.29) is 10.8 Å². The summed E-state index contributed by atoms with van der Waals surface area (Å²) in [6.07, 6.45) is 4.85. The molecule has 134 valence electrons. The highest BCUT2D eigenvalue weighted by atomic mass is 16.6. The van der Waals surface area contributed by atoms with Crippen LogP contribution < -0.4 is 0 Å². The lowest BCUT2D eigenvalue weighted by atomic mass is 9.71. The summed E-state index contributed by atoms with van der Waals surface area (Å²) in [5.74, 6) is -0.189. The number of fused-ring (bicyclic) bond motifs is 1. The van der Waals surface area contributed by atoms with Crippen molar-refractivity contribution < 1.29 is 4.92 Å². The molecule has 0 N–H and O–H groups in total. The summed E-state index contributed by atoms with van der Waals surface area (Å²) in [6.45, 7) is 2.97. The van der Waals surface area contributed by atoms with E-state index in [0.29, 0.717) is 0 Å². The average molecular weight is 348 g/mol. The van der Waals surface area contributed by atoms with Gasteiger partial charge >= 0.3 is 0 Å². The fourth-order valence-electron chi connectivity index (χ4n) is 4.77. The molecule has 2 aliphatic heterocycles. The molecule has 4 heteroatoms. The Morgan fingerprint density at radius 2 is 1.77 bits per heavy atom. The molecule has 4 nitrogen and oxygen atoms in total. The van der Waals surface area contributed by atoms with Crippen LogP contribution >= 0.6 is 0 Å². The van der Waals surface area contributed by atoms with Crippen LogP contribution in [0.15, 0.2) is 72.4 Å². The van der Waals surface area contributed by atoms with Gasteiger partial charge in [0.15, 0.2) is 0 Å². The van der Waals surface area contributed by atoms with Crippen molar-refractivity contribution in [1.29, 1.82) is 0 Å². The van der Waals surface area contributed by atoms with E-state index in [1.54, 1.807) is 0 Å². The second kappa shape index (κ2) is 6.60. The second-order valence-corrected chi connectivity index (χ2v) is 7.64. The topological polar surface area (TPSA) is 46.4 Å². The Morgan fingerprint density at radius 3 is 2.42 bits per heavy atom. The van der Waals surface area contributed by atoms with E-state index >= 15 is 0 Å². The van der Waals surface area contributed by atoms with Gasteiger partial charge in [0.25, 0.3) is 0 Å². The fourth-order valence-corrected chi connectivity index (χ4v) is 4.77. The first kappa shape index (κ1) is 16.8. The zero-order valence-corrected chi connectivity index (χ0v) is 15.0. The van der Waals surface area contributed by atoms with Crippen LogP contribution in [0.25, 0.3) is 0 Å². The molecule has 0 aromatic heterocycles. The molecular formula is C22H24N2O2. The van der Waals surface area contributed by atoms with E-state index in [2.05, 4.69) is 30.2 Å². The molecule has 3 atom stereocenters. The van der Waals surface area contributed by atoms with E-state index in [1.165, 1.54) is 5.56 Å². The number of nitrogens with zero attached hydrogens (tertiary/aromatic N) is 2. The summed E-state index contributed by atoms with van der Waals surface area (Å²) in [5.41, 5.74) is 2.97. The molecule has 1 fully saturated rings. The summed E-state index contributed by atoms with van der Waals surface area (Å²) in [7, 11) is 0. The predicted molar refractivity (Wildman–Crippen MR) is 103 cm³/mol. The highest BCUT2D eigenvalue weighted by molar-refractivity contribution is 5.38. The SMILES string of the molecule is C[C@]12CCCN1C=C(Cc1ccccc1)[C@@H](c1ccccc1)[C@@H]2[N+](=O)[O-]. The Kier molecular flexibility index (Phi) is 4.27. The zero-order chi connectivity index (χ0) is 18.1. The van der Waals surface area contributed by atoms with Crippen LogP contribution in [0.2, 0.25) is 0 Å². The number of hydrogen-bond acceptors (Lipinski definition) is 3. The van der Waals surface area contributed by atoms with Crippen molar-refractivity contribution in [2.45, 2.75) is 43.7 Å². The summed E-state index contributed by atoms with van der Waals surface area (Å²) in [6, 6.07) is 19.6. The van der Waals surface area contributed by atoms with Gasteiger partial charge in [-0.2, -0.15) is 0 Å². The maximum absolute atomic E-state index is 12.2. The molecule has 0 bridgehead atoms. The molecule has 26 heavy (non-hydrogen) atoms. The van der Waals surface area contributed by atoms with E-state index in [0.717, 1.165) is 36.9 Å². The number of benzene rings is 2.